The third-order valence-electron chi connectivity index (χ3n) is 5.63. The first-order valence-electron chi connectivity index (χ1n) is 11.0. The lowest BCUT2D eigenvalue weighted by Crippen LogP contribution is -2.46. The SMILES string of the molecule is CCCOC(=O)[C@H](C)NP(=O)(Oc1ccccc1)OC1[C@H]2O[C@@H](n3ccc(=O)[nH]c3=O)[C@@](F)(Cl)[C@@]12O. The normalized spacial score (nSPS) is 31.2. The maximum absolute atomic E-state index is 15.7. The van der Waals surface area contributed by atoms with E-state index in [4.69, 9.17) is 30.1 Å². The molecule has 1 saturated heterocycles. The average molecular weight is 548 g/mol. The van der Waals surface area contributed by atoms with E-state index in [0.717, 1.165) is 12.3 Å². The van der Waals surface area contributed by atoms with E-state index in [9.17, 15) is 24.1 Å². The first kappa shape index (κ1) is 26.5. The lowest BCUT2D eigenvalue weighted by molar-refractivity contribution is -0.145. The van der Waals surface area contributed by atoms with Gasteiger partial charge in [-0.1, -0.05) is 36.7 Å². The van der Waals surface area contributed by atoms with Crippen LogP contribution in [0.5, 0.6) is 5.75 Å². The molecule has 15 heteroatoms. The van der Waals surface area contributed by atoms with Gasteiger partial charge in [0.2, 0.25) is 0 Å². The molecule has 2 unspecified atom stereocenters. The van der Waals surface area contributed by atoms with Crippen molar-refractivity contribution in [2.45, 2.75) is 55.5 Å². The van der Waals surface area contributed by atoms with Gasteiger partial charge in [0, 0.05) is 12.3 Å². The second kappa shape index (κ2) is 9.73. The predicted molar refractivity (Wildman–Crippen MR) is 123 cm³/mol. The number of fused-ring (bicyclic) bond motifs is 1. The van der Waals surface area contributed by atoms with Crippen molar-refractivity contribution in [1.82, 2.24) is 14.6 Å². The molecule has 3 N–H and O–H groups in total. The molecule has 1 aliphatic carbocycles. The van der Waals surface area contributed by atoms with E-state index in [2.05, 4.69) is 5.09 Å². The molecule has 12 nitrogen and oxygen atoms in total. The molecule has 2 aromatic rings. The summed E-state index contributed by atoms with van der Waals surface area (Å²) in [6, 6.07) is 7.59. The molecule has 0 radical (unpaired) electrons. The summed E-state index contributed by atoms with van der Waals surface area (Å²) in [5.41, 5.74) is -4.29. The second-order valence-corrected chi connectivity index (χ2v) is 10.5. The summed E-state index contributed by atoms with van der Waals surface area (Å²) in [6.45, 7) is 3.30. The third kappa shape index (κ3) is 4.74. The van der Waals surface area contributed by atoms with E-state index in [1.54, 1.807) is 25.1 Å². The number of ether oxygens (including phenoxy) is 2. The molecular formula is C21H24ClFN3O9P. The fourth-order valence-corrected chi connectivity index (χ4v) is 5.82. The van der Waals surface area contributed by atoms with Gasteiger partial charge in [-0.05, 0) is 25.5 Å². The van der Waals surface area contributed by atoms with E-state index in [1.165, 1.54) is 19.1 Å². The number of carbonyl (C=O) groups excluding carboxylic acids is 1. The van der Waals surface area contributed by atoms with Crippen LogP contribution in [0.3, 0.4) is 0 Å². The van der Waals surface area contributed by atoms with Crippen LogP contribution in [0, 0.1) is 0 Å². The Bertz CT molecular complexity index is 1290. The summed E-state index contributed by atoms with van der Waals surface area (Å²) in [5.74, 6) is -0.644. The maximum atomic E-state index is 15.7. The highest BCUT2D eigenvalue weighted by Gasteiger charge is 2.87. The molecule has 196 valence electrons. The average Bonchev–Trinajstić information content (AvgIpc) is 3.31. The minimum Gasteiger partial charge on any atom is -0.465 e. The molecule has 2 aliphatic rings. The lowest BCUT2D eigenvalue weighted by atomic mass is 10.1. The minimum absolute atomic E-state index is 0.0937. The minimum atomic E-state index is -4.47. The van der Waals surface area contributed by atoms with E-state index >= 15 is 4.39 Å². The number of hydrogen-bond donors (Lipinski definition) is 3. The number of aromatic nitrogens is 2. The number of rotatable bonds is 10. The smallest absolute Gasteiger partial charge is 0.459 e. The Balaban J connectivity index is 1.56. The van der Waals surface area contributed by atoms with Gasteiger partial charge in [-0.25, -0.2) is 13.8 Å². The molecule has 0 spiro atoms. The number of nitrogens with zero attached hydrogens (tertiary/aromatic N) is 1. The predicted octanol–water partition coefficient (Wildman–Crippen LogP) is 1.59. The summed E-state index contributed by atoms with van der Waals surface area (Å²) in [4.78, 5) is 37.6. The summed E-state index contributed by atoms with van der Waals surface area (Å²) >= 11 is 6.01. The number of esters is 1. The van der Waals surface area contributed by atoms with Crippen LogP contribution in [-0.4, -0.2) is 56.2 Å². The number of carbonyl (C=O) groups is 1. The molecule has 2 heterocycles. The first-order chi connectivity index (χ1) is 16.9. The zero-order chi connectivity index (χ0) is 26.3. The summed E-state index contributed by atoms with van der Waals surface area (Å²) in [7, 11) is -4.47. The molecule has 1 aromatic heterocycles. The van der Waals surface area contributed by atoms with Gasteiger partial charge in [0.15, 0.2) is 11.8 Å². The lowest BCUT2D eigenvalue weighted by Gasteiger charge is -2.30. The highest BCUT2D eigenvalue weighted by atomic mass is 35.5. The van der Waals surface area contributed by atoms with Crippen molar-refractivity contribution in [3.63, 3.8) is 0 Å². The number of halogens is 2. The van der Waals surface area contributed by atoms with Crippen LogP contribution >= 0.6 is 19.3 Å². The van der Waals surface area contributed by atoms with Crippen molar-refractivity contribution in [2.75, 3.05) is 6.61 Å². The van der Waals surface area contributed by atoms with Crippen LogP contribution in [0.2, 0.25) is 0 Å². The maximum Gasteiger partial charge on any atom is 0.459 e. The van der Waals surface area contributed by atoms with Crippen LogP contribution < -0.4 is 20.9 Å². The molecule has 1 aliphatic heterocycles. The zero-order valence-corrected chi connectivity index (χ0v) is 20.8. The number of nitrogens with one attached hydrogen (secondary N) is 2. The van der Waals surface area contributed by atoms with E-state index in [-0.39, 0.29) is 12.4 Å². The number of benzene rings is 1. The van der Waals surface area contributed by atoms with E-state index in [0.29, 0.717) is 11.0 Å². The number of para-hydroxylation sites is 1. The quantitative estimate of drug-likeness (QED) is 0.226. The van der Waals surface area contributed by atoms with Crippen molar-refractivity contribution < 1.29 is 37.4 Å². The monoisotopic (exact) mass is 547 g/mol. The summed E-state index contributed by atoms with van der Waals surface area (Å²) < 4.78 is 51.4. The number of aromatic amines is 1. The van der Waals surface area contributed by atoms with Crippen LogP contribution in [0.15, 0.2) is 52.2 Å². The standard InChI is InChI=1S/C21H24ClFN3O9P/c1-3-11-32-17(28)12(2)25-36(31,34-13-7-5-4-6-8-13)35-16-15-20(16,30)21(22,23)18(33-15)26-10-9-14(27)24-19(26)29/h4-10,12,15-16,18,30H,3,11H2,1-2H3,(H,25,31)(H,24,27,29)/t12-,15+,16?,18+,20-,21-,36?/m0/s1. The van der Waals surface area contributed by atoms with Crippen molar-refractivity contribution in [1.29, 1.82) is 0 Å². The molecule has 4 rings (SSSR count). The van der Waals surface area contributed by atoms with Crippen LogP contribution in [0.25, 0.3) is 0 Å². The van der Waals surface area contributed by atoms with Crippen molar-refractivity contribution in [3.05, 3.63) is 63.4 Å². The molecule has 2 fully saturated rings. The molecular weight excluding hydrogens is 524 g/mol. The Kier molecular flexibility index (Phi) is 7.17. The number of H-pyrrole nitrogens is 1. The Morgan fingerprint density at radius 3 is 2.64 bits per heavy atom. The van der Waals surface area contributed by atoms with Gasteiger partial charge in [0.1, 0.15) is 24.0 Å². The van der Waals surface area contributed by atoms with Gasteiger partial charge < -0.3 is 19.1 Å². The van der Waals surface area contributed by atoms with Crippen molar-refractivity contribution >= 4 is 25.3 Å². The Labute approximate surface area is 208 Å². The van der Waals surface area contributed by atoms with Gasteiger partial charge in [-0.15, -0.1) is 0 Å². The fraction of sp³-hybridized carbons (Fsp3) is 0.476. The fourth-order valence-electron chi connectivity index (χ4n) is 3.74. The van der Waals surface area contributed by atoms with Crippen molar-refractivity contribution in [3.8, 4) is 5.75 Å². The summed E-state index contributed by atoms with van der Waals surface area (Å²) in [5, 5.41) is 10.3. The molecule has 36 heavy (non-hydrogen) atoms. The highest BCUT2D eigenvalue weighted by Crippen LogP contribution is 2.67. The topological polar surface area (TPSA) is 158 Å². The van der Waals surface area contributed by atoms with E-state index in [1.807, 2.05) is 4.98 Å². The molecule has 7 atom stereocenters. The van der Waals surface area contributed by atoms with Crippen molar-refractivity contribution in [2.24, 2.45) is 0 Å². The zero-order valence-electron chi connectivity index (χ0n) is 19.1. The van der Waals surface area contributed by atoms with Gasteiger partial charge in [-0.3, -0.25) is 23.7 Å². The van der Waals surface area contributed by atoms with E-state index < -0.39 is 60.2 Å². The molecule has 1 saturated carbocycles. The van der Waals surface area contributed by atoms with Crippen LogP contribution in [0.1, 0.15) is 26.5 Å². The molecule has 0 bridgehead atoms. The number of aliphatic hydroxyl groups is 1. The van der Waals surface area contributed by atoms with Gasteiger partial charge >= 0.3 is 19.4 Å². The molecule has 0 amide bonds. The van der Waals surface area contributed by atoms with Gasteiger partial charge in [-0.2, -0.15) is 5.09 Å². The molecule has 1 aromatic carbocycles. The Hall–Kier alpha value is -2.54. The second-order valence-electron chi connectivity index (χ2n) is 8.32. The highest BCUT2D eigenvalue weighted by molar-refractivity contribution is 7.52. The van der Waals surface area contributed by atoms with Gasteiger partial charge in [0.25, 0.3) is 10.7 Å². The Morgan fingerprint density at radius 1 is 1.36 bits per heavy atom. The number of hydrogen-bond acceptors (Lipinski definition) is 9. The summed E-state index contributed by atoms with van der Waals surface area (Å²) in [6.07, 6.45) is -3.36. The largest absolute Gasteiger partial charge is 0.465 e. The Morgan fingerprint density at radius 2 is 2.06 bits per heavy atom. The van der Waals surface area contributed by atoms with Gasteiger partial charge in [0.05, 0.1) is 6.61 Å². The number of alkyl halides is 2. The third-order valence-corrected chi connectivity index (χ3v) is 7.78. The van der Waals surface area contributed by atoms with Crippen LogP contribution in [-0.2, 0) is 23.4 Å². The van der Waals surface area contributed by atoms with Crippen LogP contribution in [0.4, 0.5) is 4.39 Å². The first-order valence-corrected chi connectivity index (χ1v) is 12.9.